The summed E-state index contributed by atoms with van der Waals surface area (Å²) in [4.78, 5) is 11.8. The Morgan fingerprint density at radius 3 is 2.50 bits per heavy atom. The van der Waals surface area contributed by atoms with Crippen LogP contribution in [0.25, 0.3) is 0 Å². The van der Waals surface area contributed by atoms with Gasteiger partial charge in [0.2, 0.25) is 5.88 Å². The van der Waals surface area contributed by atoms with Gasteiger partial charge < -0.3 is 14.2 Å². The summed E-state index contributed by atoms with van der Waals surface area (Å²) in [6.07, 6.45) is 0.840. The molecule has 0 spiro atoms. The van der Waals surface area contributed by atoms with Crippen molar-refractivity contribution in [3.8, 4) is 11.6 Å². The minimum absolute atomic E-state index is 0.0108. The molecule has 1 heterocycles. The largest absolute Gasteiger partial charge is 0.491 e. The molecular formula is C21H29ClN2O4. The van der Waals surface area contributed by atoms with Crippen molar-refractivity contribution in [3.63, 3.8) is 0 Å². The molecule has 0 saturated carbocycles. The average Bonchev–Trinajstić information content (AvgIpc) is 2.96. The topological polar surface area (TPSA) is 62.6 Å². The van der Waals surface area contributed by atoms with Crippen LogP contribution < -0.4 is 9.47 Å². The first-order valence-electron chi connectivity index (χ1n) is 9.62. The lowest BCUT2D eigenvalue weighted by atomic mass is 10.2. The van der Waals surface area contributed by atoms with Crippen LogP contribution in [0.1, 0.15) is 52.3 Å². The fourth-order valence-electron chi connectivity index (χ4n) is 2.71. The first-order chi connectivity index (χ1) is 13.3. The number of esters is 1. The fraction of sp³-hybridized carbons (Fsp3) is 0.524. The van der Waals surface area contributed by atoms with Crippen LogP contribution in [0.5, 0.6) is 11.6 Å². The van der Waals surface area contributed by atoms with Gasteiger partial charge >= 0.3 is 5.97 Å². The van der Waals surface area contributed by atoms with Crippen molar-refractivity contribution < 1.29 is 19.0 Å². The van der Waals surface area contributed by atoms with Gasteiger partial charge in [-0.15, -0.1) is 5.10 Å². The van der Waals surface area contributed by atoms with Gasteiger partial charge in [0, 0.05) is 22.3 Å². The molecule has 1 aromatic carbocycles. The van der Waals surface area contributed by atoms with E-state index in [-0.39, 0.29) is 24.6 Å². The molecule has 6 nitrogen and oxygen atoms in total. The summed E-state index contributed by atoms with van der Waals surface area (Å²) in [5.41, 5.74) is 1.85. The second kappa shape index (κ2) is 10.4. The second-order valence-electron chi connectivity index (χ2n) is 7.02. The van der Waals surface area contributed by atoms with E-state index in [0.29, 0.717) is 30.5 Å². The highest BCUT2D eigenvalue weighted by Gasteiger charge is 2.15. The number of ether oxygens (including phenoxy) is 3. The number of hydrogen-bond donors (Lipinski definition) is 0. The lowest BCUT2D eigenvalue weighted by Crippen LogP contribution is -2.13. The Morgan fingerprint density at radius 1 is 1.14 bits per heavy atom. The number of rotatable bonds is 10. The molecule has 0 bridgehead atoms. The Kier molecular flexibility index (Phi) is 8.18. The Hall–Kier alpha value is -2.21. The summed E-state index contributed by atoms with van der Waals surface area (Å²) in [5, 5.41) is 5.18. The van der Waals surface area contributed by atoms with Crippen LogP contribution in [0.3, 0.4) is 0 Å². The Balaban J connectivity index is 2.27. The van der Waals surface area contributed by atoms with Crippen LogP contribution in [0, 0.1) is 0 Å². The molecule has 0 saturated heterocycles. The molecule has 0 atom stereocenters. The number of aromatic nitrogens is 2. The maximum atomic E-state index is 11.8. The molecule has 0 radical (unpaired) electrons. The first kappa shape index (κ1) is 22.1. The van der Waals surface area contributed by atoms with Gasteiger partial charge in [0.15, 0.2) is 0 Å². The summed E-state index contributed by atoms with van der Waals surface area (Å²) < 4.78 is 18.5. The van der Waals surface area contributed by atoms with E-state index in [1.54, 1.807) is 6.92 Å². The molecule has 0 aliphatic carbocycles. The summed E-state index contributed by atoms with van der Waals surface area (Å²) in [6, 6.07) is 7.44. The van der Waals surface area contributed by atoms with E-state index in [1.165, 1.54) is 0 Å². The van der Waals surface area contributed by atoms with Gasteiger partial charge in [-0.1, -0.05) is 17.7 Å². The summed E-state index contributed by atoms with van der Waals surface area (Å²) in [6.45, 7) is 10.5. The molecular weight excluding hydrogens is 380 g/mol. The smallest absolute Gasteiger partial charge is 0.306 e. The normalized spacial score (nSPS) is 11.1. The monoisotopic (exact) mass is 408 g/mol. The molecule has 1 aromatic heterocycles. The molecule has 0 aliphatic rings. The zero-order valence-corrected chi connectivity index (χ0v) is 18.0. The highest BCUT2D eigenvalue weighted by atomic mass is 35.5. The van der Waals surface area contributed by atoms with Crippen molar-refractivity contribution in [1.82, 2.24) is 9.78 Å². The predicted octanol–water partition coefficient (Wildman–Crippen LogP) is 4.65. The van der Waals surface area contributed by atoms with Crippen LogP contribution in [-0.4, -0.2) is 34.6 Å². The quantitative estimate of drug-likeness (QED) is 0.535. The van der Waals surface area contributed by atoms with Gasteiger partial charge in [-0.05, 0) is 53.2 Å². The molecule has 2 rings (SSSR count). The number of nitrogens with zero attached hydrogens (tertiary/aromatic N) is 2. The van der Waals surface area contributed by atoms with Crippen LogP contribution in [-0.2, 0) is 22.5 Å². The summed E-state index contributed by atoms with van der Waals surface area (Å²) >= 11 is 6.14. The number of hydrogen-bond acceptors (Lipinski definition) is 5. The van der Waals surface area contributed by atoms with E-state index >= 15 is 0 Å². The lowest BCUT2D eigenvalue weighted by molar-refractivity contribution is -0.143. The summed E-state index contributed by atoms with van der Waals surface area (Å²) in [7, 11) is 0. The Labute approximate surface area is 171 Å². The van der Waals surface area contributed by atoms with E-state index < -0.39 is 0 Å². The van der Waals surface area contributed by atoms with Crippen molar-refractivity contribution >= 4 is 17.6 Å². The second-order valence-corrected chi connectivity index (χ2v) is 7.46. The fourth-order valence-corrected chi connectivity index (χ4v) is 2.88. The van der Waals surface area contributed by atoms with Gasteiger partial charge in [-0.25, -0.2) is 0 Å². The maximum absolute atomic E-state index is 11.8. The highest BCUT2D eigenvalue weighted by Crippen LogP contribution is 2.26. The number of aryl methyl sites for hydroxylation is 1. The van der Waals surface area contributed by atoms with Crippen LogP contribution in [0.15, 0.2) is 24.3 Å². The van der Waals surface area contributed by atoms with E-state index in [0.717, 1.165) is 17.0 Å². The van der Waals surface area contributed by atoms with Crippen LogP contribution >= 0.6 is 11.6 Å². The molecule has 28 heavy (non-hydrogen) atoms. The van der Waals surface area contributed by atoms with E-state index in [2.05, 4.69) is 5.10 Å². The standard InChI is InChI=1S/C21H29ClN2O4/c1-6-26-21(25)10-9-18-12-20(28-15(4)5)23-24(18)13-16-7-8-17(22)11-19(16)27-14(2)3/h7-8,11-12,14-15H,6,9-10,13H2,1-5H3. The third-order valence-electron chi connectivity index (χ3n) is 3.80. The molecule has 0 unspecified atom stereocenters. The van der Waals surface area contributed by atoms with E-state index in [9.17, 15) is 4.79 Å². The van der Waals surface area contributed by atoms with Crippen molar-refractivity contribution in [3.05, 3.63) is 40.5 Å². The van der Waals surface area contributed by atoms with E-state index in [4.69, 9.17) is 25.8 Å². The lowest BCUT2D eigenvalue weighted by Gasteiger charge is -2.16. The molecule has 0 fully saturated rings. The third kappa shape index (κ3) is 6.75. The average molecular weight is 409 g/mol. The third-order valence-corrected chi connectivity index (χ3v) is 4.04. The SMILES string of the molecule is CCOC(=O)CCc1cc(OC(C)C)nn1Cc1ccc(Cl)cc1OC(C)C. The van der Waals surface area contributed by atoms with Crippen molar-refractivity contribution in [1.29, 1.82) is 0 Å². The van der Waals surface area contributed by atoms with Crippen molar-refractivity contribution in [2.24, 2.45) is 0 Å². The molecule has 7 heteroatoms. The van der Waals surface area contributed by atoms with Gasteiger partial charge in [-0.3, -0.25) is 9.48 Å². The van der Waals surface area contributed by atoms with Gasteiger partial charge in [0.25, 0.3) is 0 Å². The molecule has 154 valence electrons. The van der Waals surface area contributed by atoms with Crippen LogP contribution in [0.4, 0.5) is 0 Å². The van der Waals surface area contributed by atoms with Gasteiger partial charge in [-0.2, -0.15) is 0 Å². The minimum Gasteiger partial charge on any atom is -0.491 e. The van der Waals surface area contributed by atoms with Crippen molar-refractivity contribution in [2.45, 2.75) is 66.2 Å². The Morgan fingerprint density at radius 2 is 1.86 bits per heavy atom. The zero-order chi connectivity index (χ0) is 20.7. The number of halogens is 1. The zero-order valence-electron chi connectivity index (χ0n) is 17.2. The number of carbonyl (C=O) groups is 1. The van der Waals surface area contributed by atoms with Crippen LogP contribution in [0.2, 0.25) is 5.02 Å². The predicted molar refractivity (Wildman–Crippen MR) is 109 cm³/mol. The number of carbonyl (C=O) groups excluding carboxylic acids is 1. The molecule has 0 aliphatic heterocycles. The van der Waals surface area contributed by atoms with Gasteiger partial charge in [0.1, 0.15) is 5.75 Å². The first-order valence-corrected chi connectivity index (χ1v) is 10.00. The number of benzene rings is 1. The molecule has 2 aromatic rings. The Bertz CT molecular complexity index is 787. The van der Waals surface area contributed by atoms with Gasteiger partial charge in [0.05, 0.1) is 31.8 Å². The highest BCUT2D eigenvalue weighted by molar-refractivity contribution is 6.30. The van der Waals surface area contributed by atoms with Crippen molar-refractivity contribution in [2.75, 3.05) is 6.61 Å². The van der Waals surface area contributed by atoms with E-state index in [1.807, 2.05) is 56.6 Å². The summed E-state index contributed by atoms with van der Waals surface area (Å²) in [5.74, 6) is 1.03. The maximum Gasteiger partial charge on any atom is 0.306 e. The molecule has 0 amide bonds. The molecule has 0 N–H and O–H groups in total. The minimum atomic E-state index is -0.225.